The van der Waals surface area contributed by atoms with Gasteiger partial charge in [0.15, 0.2) is 12.7 Å². The van der Waals surface area contributed by atoms with E-state index in [0.29, 0.717) is 23.1 Å². The topological polar surface area (TPSA) is 64.6 Å². The number of benzene rings is 1. The molecule has 2 atom stereocenters. The van der Waals surface area contributed by atoms with Gasteiger partial charge in [-0.05, 0) is 37.5 Å². The van der Waals surface area contributed by atoms with Crippen molar-refractivity contribution in [1.29, 1.82) is 0 Å². The highest BCUT2D eigenvalue weighted by Crippen LogP contribution is 2.26. The molecule has 0 bridgehead atoms. The third-order valence-corrected chi connectivity index (χ3v) is 3.91. The fraction of sp³-hybridized carbons (Fsp3) is 0.467. The molecule has 1 N–H and O–H groups in total. The fourth-order valence-electron chi connectivity index (χ4n) is 2.21. The Morgan fingerprint density at radius 3 is 2.86 bits per heavy atom. The Morgan fingerprint density at radius 1 is 1.45 bits per heavy atom. The predicted octanol–water partition coefficient (Wildman–Crippen LogP) is 2.89. The highest BCUT2D eigenvalue weighted by atomic mass is 35.5. The second-order valence-electron chi connectivity index (χ2n) is 5.06. The lowest BCUT2D eigenvalue weighted by atomic mass is 10.1. The van der Waals surface area contributed by atoms with Crippen LogP contribution >= 0.6 is 23.2 Å². The molecule has 0 radical (unpaired) electrons. The molecular weight excluding hydrogens is 329 g/mol. The molecule has 1 aromatic rings. The molecule has 1 aliphatic heterocycles. The summed E-state index contributed by atoms with van der Waals surface area (Å²) in [7, 11) is 0. The third kappa shape index (κ3) is 4.60. The zero-order valence-electron chi connectivity index (χ0n) is 12.1. The maximum Gasteiger partial charge on any atom is 0.335 e. The van der Waals surface area contributed by atoms with E-state index in [9.17, 15) is 9.59 Å². The van der Waals surface area contributed by atoms with Gasteiger partial charge in [-0.3, -0.25) is 4.79 Å². The van der Waals surface area contributed by atoms with Crippen LogP contribution in [0.4, 0.5) is 0 Å². The molecule has 1 aromatic carbocycles. The van der Waals surface area contributed by atoms with Crippen molar-refractivity contribution in [3.63, 3.8) is 0 Å². The Labute approximate surface area is 138 Å². The van der Waals surface area contributed by atoms with E-state index in [1.807, 2.05) is 0 Å². The van der Waals surface area contributed by atoms with Crippen LogP contribution in [0.5, 0.6) is 0 Å². The Hall–Kier alpha value is -1.30. The quantitative estimate of drug-likeness (QED) is 0.833. The molecule has 0 saturated carbocycles. The minimum absolute atomic E-state index is 0.321. The van der Waals surface area contributed by atoms with Crippen molar-refractivity contribution >= 4 is 35.1 Å². The van der Waals surface area contributed by atoms with Crippen LogP contribution < -0.4 is 5.32 Å². The molecule has 0 aliphatic carbocycles. The number of hydrogen-bond donors (Lipinski definition) is 1. The first-order valence-corrected chi connectivity index (χ1v) is 7.75. The van der Waals surface area contributed by atoms with E-state index in [-0.39, 0.29) is 12.6 Å². The van der Waals surface area contributed by atoms with Crippen LogP contribution in [0.1, 0.15) is 31.4 Å². The largest absolute Gasteiger partial charge is 0.454 e. The van der Waals surface area contributed by atoms with Gasteiger partial charge < -0.3 is 14.8 Å². The standard InChI is InChI=1S/C15H17Cl2NO4/c1-9(11-5-4-10(16)7-12(11)17)18-14(19)8-22-15(20)13-3-2-6-21-13/h4-5,7,9,13H,2-3,6,8H2,1H3,(H,18,19)/t9-,13+/m0/s1. The first-order valence-electron chi connectivity index (χ1n) is 7.00. The second-order valence-corrected chi connectivity index (χ2v) is 5.91. The molecule has 0 unspecified atom stereocenters. The molecule has 2 rings (SSSR count). The van der Waals surface area contributed by atoms with Crippen LogP contribution in [0, 0.1) is 0 Å². The fourth-order valence-corrected chi connectivity index (χ4v) is 2.78. The van der Waals surface area contributed by atoms with Gasteiger partial charge in [0.1, 0.15) is 0 Å². The number of amides is 1. The van der Waals surface area contributed by atoms with E-state index >= 15 is 0 Å². The summed E-state index contributed by atoms with van der Waals surface area (Å²) < 4.78 is 10.1. The number of ether oxygens (including phenoxy) is 2. The monoisotopic (exact) mass is 345 g/mol. The molecule has 0 spiro atoms. The number of halogens is 2. The van der Waals surface area contributed by atoms with Gasteiger partial charge >= 0.3 is 5.97 Å². The summed E-state index contributed by atoms with van der Waals surface area (Å²) in [5.74, 6) is -0.894. The van der Waals surface area contributed by atoms with E-state index < -0.39 is 18.0 Å². The summed E-state index contributed by atoms with van der Waals surface area (Å²) in [4.78, 5) is 23.5. The van der Waals surface area contributed by atoms with Crippen molar-refractivity contribution in [2.24, 2.45) is 0 Å². The molecule has 22 heavy (non-hydrogen) atoms. The van der Waals surface area contributed by atoms with Gasteiger partial charge in [-0.1, -0.05) is 29.3 Å². The third-order valence-electron chi connectivity index (χ3n) is 3.34. The number of rotatable bonds is 5. The molecule has 1 saturated heterocycles. The van der Waals surface area contributed by atoms with Gasteiger partial charge in [-0.15, -0.1) is 0 Å². The average Bonchev–Trinajstić information content (AvgIpc) is 2.98. The number of carbonyl (C=O) groups excluding carboxylic acids is 2. The Bertz CT molecular complexity index is 558. The molecular formula is C15H17Cl2NO4. The average molecular weight is 346 g/mol. The summed E-state index contributed by atoms with van der Waals surface area (Å²) in [5, 5.41) is 3.71. The van der Waals surface area contributed by atoms with Crippen molar-refractivity contribution in [2.75, 3.05) is 13.2 Å². The maximum atomic E-state index is 11.8. The number of carbonyl (C=O) groups is 2. The first kappa shape index (κ1) is 17.1. The van der Waals surface area contributed by atoms with E-state index in [1.165, 1.54) is 0 Å². The van der Waals surface area contributed by atoms with Crippen molar-refractivity contribution < 1.29 is 19.1 Å². The highest BCUT2D eigenvalue weighted by molar-refractivity contribution is 6.35. The van der Waals surface area contributed by atoms with Crippen molar-refractivity contribution in [3.05, 3.63) is 33.8 Å². The molecule has 0 aromatic heterocycles. The van der Waals surface area contributed by atoms with Crippen LogP contribution in [0.3, 0.4) is 0 Å². The zero-order valence-corrected chi connectivity index (χ0v) is 13.6. The smallest absolute Gasteiger partial charge is 0.335 e. The number of esters is 1. The van der Waals surface area contributed by atoms with Gasteiger partial charge in [0.25, 0.3) is 5.91 Å². The van der Waals surface area contributed by atoms with Gasteiger partial charge in [0, 0.05) is 16.7 Å². The number of hydrogen-bond acceptors (Lipinski definition) is 4. The van der Waals surface area contributed by atoms with Crippen LogP contribution in [0.2, 0.25) is 10.0 Å². The van der Waals surface area contributed by atoms with Crippen molar-refractivity contribution in [3.8, 4) is 0 Å². The molecule has 120 valence electrons. The molecule has 7 heteroatoms. The first-order chi connectivity index (χ1) is 10.5. The van der Waals surface area contributed by atoms with Gasteiger partial charge in [0.2, 0.25) is 0 Å². The Kier molecular flexibility index (Phi) is 6.06. The molecule has 1 fully saturated rings. The minimum Gasteiger partial charge on any atom is -0.454 e. The van der Waals surface area contributed by atoms with Crippen molar-refractivity contribution in [2.45, 2.75) is 31.9 Å². The zero-order chi connectivity index (χ0) is 16.1. The summed E-state index contributed by atoms with van der Waals surface area (Å²) >= 11 is 11.9. The van der Waals surface area contributed by atoms with Gasteiger partial charge in [-0.25, -0.2) is 4.79 Å². The molecule has 5 nitrogen and oxygen atoms in total. The van der Waals surface area contributed by atoms with Crippen LogP contribution in [0.15, 0.2) is 18.2 Å². The summed E-state index contributed by atoms with van der Waals surface area (Å²) in [6.07, 6.45) is 0.922. The summed E-state index contributed by atoms with van der Waals surface area (Å²) in [6, 6.07) is 4.73. The van der Waals surface area contributed by atoms with E-state index in [4.69, 9.17) is 32.7 Å². The van der Waals surface area contributed by atoms with Crippen LogP contribution in [-0.4, -0.2) is 31.2 Å². The SMILES string of the molecule is C[C@H](NC(=O)COC(=O)[C@H]1CCCO1)c1ccc(Cl)cc1Cl. The van der Waals surface area contributed by atoms with Crippen molar-refractivity contribution in [1.82, 2.24) is 5.32 Å². The molecule has 1 amide bonds. The lowest BCUT2D eigenvalue weighted by molar-refractivity contribution is -0.157. The molecule has 1 heterocycles. The maximum absolute atomic E-state index is 11.8. The normalized spacial score (nSPS) is 18.8. The minimum atomic E-state index is -0.545. The van der Waals surface area contributed by atoms with E-state index in [2.05, 4.69) is 5.32 Å². The van der Waals surface area contributed by atoms with Crippen LogP contribution in [0.25, 0.3) is 0 Å². The van der Waals surface area contributed by atoms with E-state index in [0.717, 1.165) is 12.0 Å². The Morgan fingerprint density at radius 2 is 2.23 bits per heavy atom. The Balaban J connectivity index is 1.82. The summed E-state index contributed by atoms with van der Waals surface area (Å²) in [5.41, 5.74) is 0.741. The predicted molar refractivity (Wildman–Crippen MR) is 83.0 cm³/mol. The molecule has 1 aliphatic rings. The number of nitrogens with one attached hydrogen (secondary N) is 1. The summed E-state index contributed by atoms with van der Waals surface area (Å²) in [6.45, 7) is 2.00. The highest BCUT2D eigenvalue weighted by Gasteiger charge is 2.25. The lowest BCUT2D eigenvalue weighted by Gasteiger charge is -2.16. The van der Waals surface area contributed by atoms with Gasteiger partial charge in [0.05, 0.1) is 6.04 Å². The van der Waals surface area contributed by atoms with E-state index in [1.54, 1.807) is 25.1 Å². The lowest BCUT2D eigenvalue weighted by Crippen LogP contribution is -2.33. The second kappa shape index (κ2) is 7.81. The van der Waals surface area contributed by atoms with Crippen LogP contribution in [-0.2, 0) is 19.1 Å². The van der Waals surface area contributed by atoms with Gasteiger partial charge in [-0.2, -0.15) is 0 Å².